The Hall–Kier alpha value is -1.88. The van der Waals surface area contributed by atoms with E-state index in [0.717, 1.165) is 24.8 Å². The highest BCUT2D eigenvalue weighted by Crippen LogP contribution is 2.37. The third-order valence-electron chi connectivity index (χ3n) is 4.88. The van der Waals surface area contributed by atoms with Gasteiger partial charge in [0.05, 0.1) is 12.5 Å². The van der Waals surface area contributed by atoms with Gasteiger partial charge in [0, 0.05) is 32.2 Å². The number of esters is 2. The Bertz CT molecular complexity index is 574. The van der Waals surface area contributed by atoms with Crippen molar-refractivity contribution >= 4 is 11.9 Å². The van der Waals surface area contributed by atoms with Crippen LogP contribution in [-0.2, 0) is 25.5 Å². The van der Waals surface area contributed by atoms with E-state index in [1.807, 2.05) is 30.3 Å². The predicted octanol–water partition coefficient (Wildman–Crippen LogP) is 1.94. The molecule has 2 heterocycles. The van der Waals surface area contributed by atoms with Crippen LogP contribution in [0, 0.1) is 0 Å². The van der Waals surface area contributed by atoms with Gasteiger partial charge in [-0.2, -0.15) is 0 Å². The molecule has 0 radical (unpaired) electrons. The minimum Gasteiger partial charge on any atom is -0.462 e. The van der Waals surface area contributed by atoms with Gasteiger partial charge in [-0.15, -0.1) is 0 Å². The van der Waals surface area contributed by atoms with Gasteiger partial charge in [0.25, 0.3) is 0 Å². The number of hydrogen-bond donors (Lipinski definition) is 0. The first kappa shape index (κ1) is 16.0. The van der Waals surface area contributed by atoms with E-state index in [-0.39, 0.29) is 30.2 Å². The quantitative estimate of drug-likeness (QED) is 0.794. The van der Waals surface area contributed by atoms with Crippen molar-refractivity contribution in [3.8, 4) is 0 Å². The summed E-state index contributed by atoms with van der Waals surface area (Å²) in [5, 5.41) is 0. The van der Waals surface area contributed by atoms with E-state index in [2.05, 4.69) is 11.9 Å². The Morgan fingerprint density at radius 3 is 2.57 bits per heavy atom. The lowest BCUT2D eigenvalue weighted by atomic mass is 10.00. The molecule has 0 N–H and O–H groups in total. The lowest BCUT2D eigenvalue weighted by Gasteiger charge is -2.36. The highest BCUT2D eigenvalue weighted by molar-refractivity contribution is 5.72. The van der Waals surface area contributed by atoms with Crippen molar-refractivity contribution in [2.24, 2.45) is 0 Å². The van der Waals surface area contributed by atoms with Gasteiger partial charge in [0.2, 0.25) is 0 Å². The van der Waals surface area contributed by atoms with Crippen LogP contribution in [0.4, 0.5) is 0 Å². The highest BCUT2D eigenvalue weighted by atomic mass is 16.6. The number of likely N-dealkylation sites (N-methyl/N-ethyl adjacent to an activating group) is 1. The smallest absolute Gasteiger partial charge is 0.310 e. The summed E-state index contributed by atoms with van der Waals surface area (Å²) in [5.41, 5.74) is 0.964. The number of nitrogens with zero attached hydrogens (tertiary/aromatic N) is 1. The largest absolute Gasteiger partial charge is 0.462 e. The van der Waals surface area contributed by atoms with Crippen molar-refractivity contribution in [2.75, 3.05) is 7.05 Å². The molecule has 0 aliphatic carbocycles. The topological polar surface area (TPSA) is 55.8 Å². The lowest BCUT2D eigenvalue weighted by molar-refractivity contribution is -0.154. The summed E-state index contributed by atoms with van der Waals surface area (Å²) in [6.07, 6.45) is 2.50. The molecule has 23 heavy (non-hydrogen) atoms. The Morgan fingerprint density at radius 1 is 1.13 bits per heavy atom. The van der Waals surface area contributed by atoms with Crippen LogP contribution in [-0.4, -0.2) is 48.2 Å². The number of hydrogen-bond acceptors (Lipinski definition) is 5. The van der Waals surface area contributed by atoms with Crippen molar-refractivity contribution in [3.05, 3.63) is 35.9 Å². The molecule has 124 valence electrons. The SMILES string of the molecule is CC(=O)O[C@H]1C[C@@H]2C[C@@H](OC(=O)Cc3ccccc3)C[C@@H]1N2C. The maximum absolute atomic E-state index is 12.1. The second-order valence-corrected chi connectivity index (χ2v) is 6.52. The molecule has 2 aliphatic rings. The van der Waals surface area contributed by atoms with E-state index in [1.165, 1.54) is 6.92 Å². The summed E-state index contributed by atoms with van der Waals surface area (Å²) in [7, 11) is 2.06. The number of ether oxygens (including phenoxy) is 2. The zero-order valence-electron chi connectivity index (χ0n) is 13.6. The summed E-state index contributed by atoms with van der Waals surface area (Å²) >= 11 is 0. The average Bonchev–Trinajstić information content (AvgIpc) is 2.67. The van der Waals surface area contributed by atoms with Gasteiger partial charge in [0.1, 0.15) is 12.2 Å². The van der Waals surface area contributed by atoms with Gasteiger partial charge in [-0.3, -0.25) is 14.5 Å². The van der Waals surface area contributed by atoms with E-state index >= 15 is 0 Å². The Balaban J connectivity index is 1.56. The van der Waals surface area contributed by atoms with Crippen molar-refractivity contribution in [1.29, 1.82) is 0 Å². The molecule has 2 bridgehead atoms. The summed E-state index contributed by atoms with van der Waals surface area (Å²) < 4.78 is 11.1. The molecule has 1 aromatic rings. The molecule has 5 nitrogen and oxygen atoms in total. The summed E-state index contributed by atoms with van der Waals surface area (Å²) in [6.45, 7) is 1.44. The van der Waals surface area contributed by atoms with Gasteiger partial charge in [-0.1, -0.05) is 30.3 Å². The lowest BCUT2D eigenvalue weighted by Crippen LogP contribution is -2.46. The van der Waals surface area contributed by atoms with Crippen LogP contribution >= 0.6 is 0 Å². The normalized spacial score (nSPS) is 30.0. The number of carbonyl (C=O) groups excluding carboxylic acids is 2. The molecule has 2 saturated heterocycles. The van der Waals surface area contributed by atoms with Crippen LogP contribution in [0.1, 0.15) is 31.7 Å². The maximum atomic E-state index is 12.1. The molecular formula is C18H23NO4. The maximum Gasteiger partial charge on any atom is 0.310 e. The number of rotatable bonds is 4. The molecule has 0 amide bonds. The second kappa shape index (κ2) is 6.71. The van der Waals surface area contributed by atoms with Crippen LogP contribution in [0.3, 0.4) is 0 Å². The molecule has 5 heteroatoms. The first-order valence-electron chi connectivity index (χ1n) is 8.15. The average molecular weight is 317 g/mol. The minimum absolute atomic E-state index is 0.0830. The first-order chi connectivity index (χ1) is 11.0. The predicted molar refractivity (Wildman–Crippen MR) is 84.8 cm³/mol. The molecule has 4 atom stereocenters. The van der Waals surface area contributed by atoms with Crippen molar-refractivity contribution in [1.82, 2.24) is 4.90 Å². The zero-order chi connectivity index (χ0) is 16.4. The third kappa shape index (κ3) is 3.72. The molecule has 2 fully saturated rings. The van der Waals surface area contributed by atoms with Gasteiger partial charge < -0.3 is 9.47 Å². The van der Waals surface area contributed by atoms with Crippen LogP contribution < -0.4 is 0 Å². The fourth-order valence-corrected chi connectivity index (χ4v) is 3.80. The molecule has 0 saturated carbocycles. The van der Waals surface area contributed by atoms with Gasteiger partial charge in [-0.25, -0.2) is 0 Å². The van der Waals surface area contributed by atoms with E-state index in [9.17, 15) is 9.59 Å². The Labute approximate surface area is 136 Å². The van der Waals surface area contributed by atoms with Crippen molar-refractivity contribution in [3.63, 3.8) is 0 Å². The van der Waals surface area contributed by atoms with Gasteiger partial charge in [0.15, 0.2) is 0 Å². The minimum atomic E-state index is -0.242. The molecule has 1 aromatic carbocycles. The monoisotopic (exact) mass is 317 g/mol. The second-order valence-electron chi connectivity index (χ2n) is 6.52. The van der Waals surface area contributed by atoms with E-state index < -0.39 is 0 Å². The molecular weight excluding hydrogens is 294 g/mol. The summed E-state index contributed by atoms with van der Waals surface area (Å²) in [5.74, 6) is -0.428. The number of carbonyl (C=O) groups is 2. The van der Waals surface area contributed by atoms with Gasteiger partial charge >= 0.3 is 11.9 Å². The van der Waals surface area contributed by atoms with Crippen molar-refractivity contribution < 1.29 is 19.1 Å². The molecule has 3 rings (SSSR count). The number of benzene rings is 1. The fourth-order valence-electron chi connectivity index (χ4n) is 3.80. The van der Waals surface area contributed by atoms with E-state index in [0.29, 0.717) is 12.5 Å². The Kier molecular flexibility index (Phi) is 4.66. The number of fused-ring (bicyclic) bond motifs is 2. The standard InChI is InChI=1S/C18H23NO4/c1-12(20)22-17-10-14-9-15(11-16(17)19(14)2)23-18(21)8-13-6-4-3-5-7-13/h3-7,14-17H,8-11H2,1-2H3/t14-,15+,16-,17-/m0/s1. The third-order valence-corrected chi connectivity index (χ3v) is 4.88. The molecule has 0 unspecified atom stereocenters. The van der Waals surface area contributed by atoms with Crippen LogP contribution in [0.25, 0.3) is 0 Å². The fraction of sp³-hybridized carbons (Fsp3) is 0.556. The molecule has 0 aromatic heterocycles. The Morgan fingerprint density at radius 2 is 1.87 bits per heavy atom. The van der Waals surface area contributed by atoms with Crippen molar-refractivity contribution in [2.45, 2.75) is 56.9 Å². The molecule has 0 spiro atoms. The van der Waals surface area contributed by atoms with Crippen LogP contribution in [0.15, 0.2) is 30.3 Å². The number of piperidine rings is 1. The van der Waals surface area contributed by atoms with Crippen LogP contribution in [0.5, 0.6) is 0 Å². The first-order valence-corrected chi connectivity index (χ1v) is 8.15. The zero-order valence-corrected chi connectivity index (χ0v) is 13.6. The highest BCUT2D eigenvalue weighted by Gasteiger charge is 2.47. The summed E-state index contributed by atoms with van der Waals surface area (Å²) in [6, 6.07) is 10.1. The van der Waals surface area contributed by atoms with Crippen LogP contribution in [0.2, 0.25) is 0 Å². The van der Waals surface area contributed by atoms with E-state index in [4.69, 9.17) is 9.47 Å². The van der Waals surface area contributed by atoms with Gasteiger partial charge in [-0.05, 0) is 12.6 Å². The molecule has 2 aliphatic heterocycles. The summed E-state index contributed by atoms with van der Waals surface area (Å²) in [4.78, 5) is 25.6. The van der Waals surface area contributed by atoms with E-state index in [1.54, 1.807) is 0 Å².